The highest BCUT2D eigenvalue weighted by molar-refractivity contribution is 9.10. The molecule has 0 saturated heterocycles. The first-order valence-electron chi connectivity index (χ1n) is 7.03. The zero-order valence-corrected chi connectivity index (χ0v) is 12.9. The smallest absolute Gasteiger partial charge is 0.307 e. The minimum absolute atomic E-state index is 0.228. The van der Waals surface area contributed by atoms with Crippen LogP contribution in [0.4, 0.5) is 0 Å². The van der Waals surface area contributed by atoms with E-state index in [0.29, 0.717) is 12.3 Å². The molecule has 1 saturated carbocycles. The summed E-state index contributed by atoms with van der Waals surface area (Å²) < 4.78 is 1.04. The topological polar surface area (TPSA) is 37.3 Å². The zero-order chi connectivity index (χ0) is 13.8. The summed E-state index contributed by atoms with van der Waals surface area (Å²) in [5.41, 5.74) is 1.12. The summed E-state index contributed by atoms with van der Waals surface area (Å²) in [6.07, 6.45) is 5.13. The second kappa shape index (κ2) is 6.56. The van der Waals surface area contributed by atoms with Gasteiger partial charge in [0.1, 0.15) is 0 Å². The Hall–Kier alpha value is -0.830. The molecule has 1 aromatic carbocycles. The number of aliphatic carboxylic acids is 1. The summed E-state index contributed by atoms with van der Waals surface area (Å²) in [6.45, 7) is 2.26. The number of halogens is 1. The first-order chi connectivity index (χ1) is 9.06. The van der Waals surface area contributed by atoms with Gasteiger partial charge in [0.15, 0.2) is 0 Å². The molecule has 19 heavy (non-hydrogen) atoms. The molecule has 0 heterocycles. The van der Waals surface area contributed by atoms with Crippen molar-refractivity contribution in [3.05, 3.63) is 34.3 Å². The lowest BCUT2D eigenvalue weighted by Gasteiger charge is -2.30. The van der Waals surface area contributed by atoms with E-state index in [1.54, 1.807) is 0 Å². The van der Waals surface area contributed by atoms with E-state index in [1.807, 2.05) is 24.3 Å². The van der Waals surface area contributed by atoms with Crippen molar-refractivity contribution in [2.45, 2.75) is 39.0 Å². The number of hydrogen-bond acceptors (Lipinski definition) is 1. The van der Waals surface area contributed by atoms with Crippen LogP contribution < -0.4 is 0 Å². The van der Waals surface area contributed by atoms with Crippen LogP contribution in [0.25, 0.3) is 0 Å². The lowest BCUT2D eigenvalue weighted by molar-refractivity contribution is -0.144. The predicted octanol–water partition coefficient (Wildman–Crippen LogP) is 4.52. The van der Waals surface area contributed by atoms with Crippen LogP contribution in [0.15, 0.2) is 28.7 Å². The summed E-state index contributed by atoms with van der Waals surface area (Å²) in [4.78, 5) is 11.5. The Balaban J connectivity index is 2.04. The van der Waals surface area contributed by atoms with Crippen LogP contribution in [0.1, 0.15) is 38.2 Å². The van der Waals surface area contributed by atoms with Gasteiger partial charge in [-0.25, -0.2) is 0 Å². The fourth-order valence-corrected chi connectivity index (χ4v) is 3.28. The molecular weight excluding hydrogens is 304 g/mol. The Bertz CT molecular complexity index is 419. The summed E-state index contributed by atoms with van der Waals surface area (Å²) in [5, 5.41) is 9.50. The van der Waals surface area contributed by atoms with Gasteiger partial charge < -0.3 is 5.11 Å². The molecule has 0 spiro atoms. The highest BCUT2D eigenvalue weighted by Gasteiger charge is 2.30. The van der Waals surface area contributed by atoms with Gasteiger partial charge >= 0.3 is 5.97 Å². The molecule has 1 fully saturated rings. The SMILES string of the molecule is CC1CCC(C(Cc2ccc(Br)cc2)C(=O)O)CC1. The number of carboxylic acid groups (broad SMARTS) is 1. The highest BCUT2D eigenvalue weighted by atomic mass is 79.9. The number of rotatable bonds is 4. The standard InChI is InChI=1S/C16H21BrO2/c1-11-2-6-13(7-3-11)15(16(18)19)10-12-4-8-14(17)9-5-12/h4-5,8-9,11,13,15H,2-3,6-7,10H2,1H3,(H,18,19). The Kier molecular flexibility index (Phi) is 5.03. The molecule has 1 aromatic rings. The third kappa shape index (κ3) is 4.07. The third-order valence-corrected chi connectivity index (χ3v) is 4.84. The minimum Gasteiger partial charge on any atom is -0.481 e. The maximum atomic E-state index is 11.5. The summed E-state index contributed by atoms with van der Waals surface area (Å²) in [5.74, 6) is 0.242. The van der Waals surface area contributed by atoms with E-state index in [0.717, 1.165) is 28.8 Å². The van der Waals surface area contributed by atoms with Crippen molar-refractivity contribution in [3.8, 4) is 0 Å². The van der Waals surface area contributed by atoms with E-state index in [2.05, 4.69) is 22.9 Å². The maximum absolute atomic E-state index is 11.5. The van der Waals surface area contributed by atoms with Gasteiger partial charge in [0.05, 0.1) is 5.92 Å². The zero-order valence-electron chi connectivity index (χ0n) is 11.3. The molecule has 0 aliphatic heterocycles. The van der Waals surface area contributed by atoms with Gasteiger partial charge in [-0.3, -0.25) is 4.79 Å². The van der Waals surface area contributed by atoms with Gasteiger partial charge in [-0.2, -0.15) is 0 Å². The fourth-order valence-electron chi connectivity index (χ4n) is 3.02. The highest BCUT2D eigenvalue weighted by Crippen LogP contribution is 2.35. The lowest BCUT2D eigenvalue weighted by atomic mass is 9.74. The van der Waals surface area contributed by atoms with Gasteiger partial charge in [-0.05, 0) is 48.8 Å². The Labute approximate surface area is 123 Å². The second-order valence-corrected chi connectivity index (χ2v) is 6.71. The lowest BCUT2D eigenvalue weighted by Crippen LogP contribution is -2.28. The van der Waals surface area contributed by atoms with Crippen LogP contribution in [0.2, 0.25) is 0 Å². The molecule has 0 aromatic heterocycles. The van der Waals surface area contributed by atoms with Crippen molar-refractivity contribution in [1.82, 2.24) is 0 Å². The molecule has 1 N–H and O–H groups in total. The normalized spacial score (nSPS) is 24.9. The van der Waals surface area contributed by atoms with E-state index >= 15 is 0 Å². The van der Waals surface area contributed by atoms with E-state index in [1.165, 1.54) is 12.8 Å². The van der Waals surface area contributed by atoms with Gasteiger partial charge in [0.25, 0.3) is 0 Å². The monoisotopic (exact) mass is 324 g/mol. The number of carbonyl (C=O) groups is 1. The van der Waals surface area contributed by atoms with Crippen LogP contribution >= 0.6 is 15.9 Å². The average Bonchev–Trinajstić information content (AvgIpc) is 2.39. The van der Waals surface area contributed by atoms with Crippen molar-refractivity contribution >= 4 is 21.9 Å². The molecule has 0 radical (unpaired) electrons. The second-order valence-electron chi connectivity index (χ2n) is 5.80. The molecule has 2 rings (SSSR count). The number of carboxylic acids is 1. The van der Waals surface area contributed by atoms with E-state index in [9.17, 15) is 9.90 Å². The Morgan fingerprint density at radius 3 is 2.37 bits per heavy atom. The molecule has 2 nitrogen and oxygen atoms in total. The molecule has 0 bridgehead atoms. The van der Waals surface area contributed by atoms with Crippen molar-refractivity contribution in [3.63, 3.8) is 0 Å². The van der Waals surface area contributed by atoms with Crippen LogP contribution in [0, 0.1) is 17.8 Å². The van der Waals surface area contributed by atoms with Gasteiger partial charge in [-0.1, -0.05) is 47.8 Å². The van der Waals surface area contributed by atoms with Crippen molar-refractivity contribution in [2.75, 3.05) is 0 Å². The van der Waals surface area contributed by atoms with Crippen LogP contribution in [0.5, 0.6) is 0 Å². The van der Waals surface area contributed by atoms with Gasteiger partial charge in [-0.15, -0.1) is 0 Å². The van der Waals surface area contributed by atoms with Crippen molar-refractivity contribution in [1.29, 1.82) is 0 Å². The molecule has 1 aliphatic carbocycles. The average molecular weight is 325 g/mol. The Morgan fingerprint density at radius 1 is 1.26 bits per heavy atom. The number of hydrogen-bond donors (Lipinski definition) is 1. The molecule has 3 heteroatoms. The molecule has 1 aliphatic rings. The molecule has 0 amide bonds. The molecule has 1 unspecified atom stereocenters. The fraction of sp³-hybridized carbons (Fsp3) is 0.562. The van der Waals surface area contributed by atoms with E-state index in [-0.39, 0.29) is 5.92 Å². The number of benzene rings is 1. The molecule has 104 valence electrons. The van der Waals surface area contributed by atoms with Crippen LogP contribution in [0.3, 0.4) is 0 Å². The summed E-state index contributed by atoms with van der Waals surface area (Å²) >= 11 is 3.41. The predicted molar refractivity (Wildman–Crippen MR) is 80.1 cm³/mol. The first-order valence-corrected chi connectivity index (χ1v) is 7.83. The quantitative estimate of drug-likeness (QED) is 0.884. The third-order valence-electron chi connectivity index (χ3n) is 4.32. The van der Waals surface area contributed by atoms with E-state index < -0.39 is 5.97 Å². The van der Waals surface area contributed by atoms with Crippen molar-refractivity contribution < 1.29 is 9.90 Å². The van der Waals surface area contributed by atoms with Gasteiger partial charge in [0, 0.05) is 4.47 Å². The molecular formula is C16H21BrO2. The summed E-state index contributed by atoms with van der Waals surface area (Å²) in [6, 6.07) is 8.01. The van der Waals surface area contributed by atoms with E-state index in [4.69, 9.17) is 0 Å². The van der Waals surface area contributed by atoms with Crippen molar-refractivity contribution in [2.24, 2.45) is 17.8 Å². The van der Waals surface area contributed by atoms with Crippen LogP contribution in [-0.4, -0.2) is 11.1 Å². The van der Waals surface area contributed by atoms with Gasteiger partial charge in [0.2, 0.25) is 0 Å². The largest absolute Gasteiger partial charge is 0.481 e. The minimum atomic E-state index is -0.637. The summed E-state index contributed by atoms with van der Waals surface area (Å²) in [7, 11) is 0. The van der Waals surface area contributed by atoms with Crippen LogP contribution in [-0.2, 0) is 11.2 Å². The first kappa shape index (κ1) is 14.6. The Morgan fingerprint density at radius 2 is 1.84 bits per heavy atom. The molecule has 1 atom stereocenters. The maximum Gasteiger partial charge on any atom is 0.307 e.